The van der Waals surface area contributed by atoms with Crippen LogP contribution in [0.1, 0.15) is 31.4 Å². The fourth-order valence-electron chi connectivity index (χ4n) is 2.24. The molecule has 0 bridgehead atoms. The molecule has 0 spiro atoms. The molecule has 2 atom stereocenters. The van der Waals surface area contributed by atoms with Gasteiger partial charge in [-0.2, -0.15) is 0 Å². The number of benzene rings is 1. The van der Waals surface area contributed by atoms with Crippen molar-refractivity contribution in [3.8, 4) is 5.75 Å². The van der Waals surface area contributed by atoms with E-state index in [1.165, 1.54) is 5.56 Å². The topological polar surface area (TPSA) is 30.5 Å². The summed E-state index contributed by atoms with van der Waals surface area (Å²) in [4.78, 5) is 0. The van der Waals surface area contributed by atoms with Gasteiger partial charge in [0.05, 0.1) is 13.7 Å². The van der Waals surface area contributed by atoms with Gasteiger partial charge < -0.3 is 14.8 Å². The third-order valence-electron chi connectivity index (χ3n) is 3.29. The van der Waals surface area contributed by atoms with Crippen LogP contribution in [0.15, 0.2) is 24.3 Å². The molecule has 94 valence electrons. The monoisotopic (exact) mass is 235 g/mol. The number of nitrogens with one attached hydrogen (secondary N) is 1. The summed E-state index contributed by atoms with van der Waals surface area (Å²) in [6.45, 7) is 3.93. The van der Waals surface area contributed by atoms with E-state index in [0.29, 0.717) is 12.1 Å². The summed E-state index contributed by atoms with van der Waals surface area (Å²) in [5.74, 6) is 0.910. The van der Waals surface area contributed by atoms with Gasteiger partial charge >= 0.3 is 0 Å². The molecule has 0 saturated carbocycles. The van der Waals surface area contributed by atoms with Gasteiger partial charge in [-0.1, -0.05) is 19.1 Å². The standard InChI is InChI=1S/C14H21NO2/c1-3-14(15-12-8-9-17-10-12)11-4-6-13(16-2)7-5-11/h4-7,12,14-15H,3,8-10H2,1-2H3. The summed E-state index contributed by atoms with van der Waals surface area (Å²) in [5.41, 5.74) is 1.32. The first kappa shape index (κ1) is 12.4. The van der Waals surface area contributed by atoms with Crippen LogP contribution in [0.5, 0.6) is 5.75 Å². The molecule has 1 fully saturated rings. The van der Waals surface area contributed by atoms with Gasteiger partial charge in [-0.15, -0.1) is 0 Å². The van der Waals surface area contributed by atoms with Crippen LogP contribution in [0.4, 0.5) is 0 Å². The van der Waals surface area contributed by atoms with Crippen LogP contribution in [0, 0.1) is 0 Å². The van der Waals surface area contributed by atoms with Crippen LogP contribution < -0.4 is 10.1 Å². The molecule has 1 aliphatic rings. The molecule has 17 heavy (non-hydrogen) atoms. The summed E-state index contributed by atoms with van der Waals surface area (Å²) < 4.78 is 10.6. The largest absolute Gasteiger partial charge is 0.497 e. The number of ether oxygens (including phenoxy) is 2. The smallest absolute Gasteiger partial charge is 0.118 e. The lowest BCUT2D eigenvalue weighted by Crippen LogP contribution is -2.32. The molecule has 1 aromatic carbocycles. The summed E-state index contributed by atoms with van der Waals surface area (Å²) in [6, 6.07) is 9.22. The van der Waals surface area contributed by atoms with Gasteiger partial charge in [-0.3, -0.25) is 0 Å². The summed E-state index contributed by atoms with van der Waals surface area (Å²) in [7, 11) is 1.69. The highest BCUT2D eigenvalue weighted by Gasteiger charge is 2.19. The molecule has 2 rings (SSSR count). The van der Waals surface area contributed by atoms with Crippen LogP contribution in [0.3, 0.4) is 0 Å². The van der Waals surface area contributed by atoms with Gasteiger partial charge in [-0.05, 0) is 30.5 Å². The van der Waals surface area contributed by atoms with Crippen molar-refractivity contribution >= 4 is 0 Å². The molecule has 1 aliphatic heterocycles. The first-order chi connectivity index (χ1) is 8.33. The fourth-order valence-corrected chi connectivity index (χ4v) is 2.24. The number of hydrogen-bond acceptors (Lipinski definition) is 3. The second kappa shape index (κ2) is 6.03. The highest BCUT2D eigenvalue weighted by molar-refractivity contribution is 5.29. The van der Waals surface area contributed by atoms with E-state index in [2.05, 4.69) is 24.4 Å². The molecule has 0 amide bonds. The number of hydrogen-bond donors (Lipinski definition) is 1. The van der Waals surface area contributed by atoms with Crippen LogP contribution in [-0.4, -0.2) is 26.4 Å². The average Bonchev–Trinajstić information content (AvgIpc) is 2.89. The van der Waals surface area contributed by atoms with E-state index in [9.17, 15) is 0 Å². The van der Waals surface area contributed by atoms with Crippen molar-refractivity contribution in [2.24, 2.45) is 0 Å². The van der Waals surface area contributed by atoms with Crippen LogP contribution in [-0.2, 0) is 4.74 Å². The van der Waals surface area contributed by atoms with Crippen LogP contribution in [0.2, 0.25) is 0 Å². The Hall–Kier alpha value is -1.06. The quantitative estimate of drug-likeness (QED) is 0.850. The normalized spacial score (nSPS) is 21.4. The highest BCUT2D eigenvalue weighted by atomic mass is 16.5. The van der Waals surface area contributed by atoms with E-state index in [0.717, 1.165) is 31.8 Å². The average molecular weight is 235 g/mol. The second-order valence-corrected chi connectivity index (χ2v) is 4.46. The minimum atomic E-state index is 0.410. The minimum absolute atomic E-state index is 0.410. The molecule has 1 N–H and O–H groups in total. The van der Waals surface area contributed by atoms with Crippen LogP contribution >= 0.6 is 0 Å². The van der Waals surface area contributed by atoms with Gasteiger partial charge in [0.1, 0.15) is 5.75 Å². The van der Waals surface area contributed by atoms with E-state index in [1.807, 2.05) is 12.1 Å². The van der Waals surface area contributed by atoms with Gasteiger partial charge in [0.25, 0.3) is 0 Å². The molecular weight excluding hydrogens is 214 g/mol. The Morgan fingerprint density at radius 1 is 1.41 bits per heavy atom. The van der Waals surface area contributed by atoms with Crippen LogP contribution in [0.25, 0.3) is 0 Å². The maximum absolute atomic E-state index is 5.39. The van der Waals surface area contributed by atoms with E-state index < -0.39 is 0 Å². The van der Waals surface area contributed by atoms with Gasteiger partial charge in [-0.25, -0.2) is 0 Å². The third kappa shape index (κ3) is 3.20. The molecule has 3 heteroatoms. The van der Waals surface area contributed by atoms with Gasteiger partial charge in [0.15, 0.2) is 0 Å². The predicted molar refractivity (Wildman–Crippen MR) is 68.4 cm³/mol. The Balaban J connectivity index is 2.00. The third-order valence-corrected chi connectivity index (χ3v) is 3.29. The summed E-state index contributed by atoms with van der Waals surface area (Å²) in [5, 5.41) is 3.65. The lowest BCUT2D eigenvalue weighted by atomic mass is 10.0. The molecule has 1 saturated heterocycles. The SMILES string of the molecule is CCC(NC1CCOC1)c1ccc(OC)cc1. The number of methoxy groups -OCH3 is 1. The van der Waals surface area contributed by atoms with Gasteiger partial charge in [0.2, 0.25) is 0 Å². The van der Waals surface area contributed by atoms with Crippen molar-refractivity contribution in [1.29, 1.82) is 0 Å². The molecule has 0 aromatic heterocycles. The minimum Gasteiger partial charge on any atom is -0.497 e. The zero-order chi connectivity index (χ0) is 12.1. The van der Waals surface area contributed by atoms with Crippen molar-refractivity contribution in [2.45, 2.75) is 31.8 Å². The Morgan fingerprint density at radius 2 is 2.18 bits per heavy atom. The second-order valence-electron chi connectivity index (χ2n) is 4.46. The van der Waals surface area contributed by atoms with Crippen molar-refractivity contribution in [1.82, 2.24) is 5.32 Å². The molecule has 0 radical (unpaired) electrons. The highest BCUT2D eigenvalue weighted by Crippen LogP contribution is 2.21. The Bertz CT molecular complexity index is 331. The Morgan fingerprint density at radius 3 is 2.71 bits per heavy atom. The Labute approximate surface area is 103 Å². The first-order valence-electron chi connectivity index (χ1n) is 6.31. The fraction of sp³-hybridized carbons (Fsp3) is 0.571. The maximum Gasteiger partial charge on any atom is 0.118 e. The van der Waals surface area contributed by atoms with Gasteiger partial charge in [0, 0.05) is 18.7 Å². The van der Waals surface area contributed by atoms with Crippen molar-refractivity contribution in [3.05, 3.63) is 29.8 Å². The summed E-state index contributed by atoms with van der Waals surface area (Å²) >= 11 is 0. The first-order valence-corrected chi connectivity index (χ1v) is 6.31. The maximum atomic E-state index is 5.39. The van der Waals surface area contributed by atoms with Crippen molar-refractivity contribution in [2.75, 3.05) is 20.3 Å². The molecular formula is C14H21NO2. The zero-order valence-electron chi connectivity index (χ0n) is 10.6. The predicted octanol–water partition coefficient (Wildman–Crippen LogP) is 2.52. The zero-order valence-corrected chi connectivity index (χ0v) is 10.6. The van der Waals surface area contributed by atoms with E-state index >= 15 is 0 Å². The molecule has 3 nitrogen and oxygen atoms in total. The van der Waals surface area contributed by atoms with E-state index in [-0.39, 0.29) is 0 Å². The van der Waals surface area contributed by atoms with Crippen molar-refractivity contribution in [3.63, 3.8) is 0 Å². The summed E-state index contributed by atoms with van der Waals surface area (Å²) in [6.07, 6.45) is 2.20. The van der Waals surface area contributed by atoms with E-state index in [4.69, 9.17) is 9.47 Å². The van der Waals surface area contributed by atoms with Crippen molar-refractivity contribution < 1.29 is 9.47 Å². The lowest BCUT2D eigenvalue weighted by Gasteiger charge is -2.21. The molecule has 1 aromatic rings. The lowest BCUT2D eigenvalue weighted by molar-refractivity contribution is 0.187. The molecule has 1 heterocycles. The Kier molecular flexibility index (Phi) is 4.40. The molecule has 2 unspecified atom stereocenters. The molecule has 0 aliphatic carbocycles. The van der Waals surface area contributed by atoms with E-state index in [1.54, 1.807) is 7.11 Å². The number of rotatable bonds is 5.